The predicted molar refractivity (Wildman–Crippen MR) is 58.7 cm³/mol. The summed E-state index contributed by atoms with van der Waals surface area (Å²) in [6.07, 6.45) is 5.56. The molecule has 0 aliphatic carbocycles. The number of carbonyl (C=O) groups is 1. The first kappa shape index (κ1) is 12.9. The van der Waals surface area contributed by atoms with Crippen molar-refractivity contribution in [2.75, 3.05) is 6.61 Å². The van der Waals surface area contributed by atoms with Crippen molar-refractivity contribution in [1.82, 2.24) is 0 Å². The van der Waals surface area contributed by atoms with Gasteiger partial charge in [-0.2, -0.15) is 0 Å². The fraction of sp³-hybridized carbons (Fsp3) is 0.500. The van der Waals surface area contributed by atoms with Crippen molar-refractivity contribution in [3.8, 4) is 0 Å². The van der Waals surface area contributed by atoms with E-state index in [1.807, 2.05) is 6.92 Å². The molecule has 0 saturated heterocycles. The van der Waals surface area contributed by atoms with Crippen LogP contribution in [0.4, 0.5) is 0 Å². The summed E-state index contributed by atoms with van der Waals surface area (Å²) >= 11 is 0. The summed E-state index contributed by atoms with van der Waals surface area (Å²) in [5.74, 6) is -0.297. The molecular formula is C12H19O2. The summed E-state index contributed by atoms with van der Waals surface area (Å²) in [7, 11) is 0. The van der Waals surface area contributed by atoms with E-state index in [4.69, 9.17) is 4.74 Å². The second-order valence-corrected chi connectivity index (χ2v) is 3.48. The van der Waals surface area contributed by atoms with Gasteiger partial charge in [-0.3, -0.25) is 0 Å². The predicted octanol–water partition coefficient (Wildman–Crippen LogP) is 3.06. The largest absolute Gasteiger partial charge is 0.463 e. The second kappa shape index (κ2) is 7.36. The van der Waals surface area contributed by atoms with Crippen molar-refractivity contribution < 1.29 is 9.53 Å². The van der Waals surface area contributed by atoms with Crippen LogP contribution in [0, 0.1) is 6.92 Å². The number of hydrogen-bond donors (Lipinski definition) is 0. The van der Waals surface area contributed by atoms with Crippen LogP contribution in [0.1, 0.15) is 33.6 Å². The molecule has 0 fully saturated rings. The minimum absolute atomic E-state index is 0.191. The number of esters is 1. The average Bonchev–Trinajstić information content (AvgIpc) is 2.03. The third-order valence-electron chi connectivity index (χ3n) is 1.70. The molecule has 0 aromatic rings. The molecule has 0 amide bonds. The van der Waals surface area contributed by atoms with E-state index in [0.717, 1.165) is 18.4 Å². The molecule has 0 unspecified atom stereocenters. The Bertz CT molecular complexity index is 233. The van der Waals surface area contributed by atoms with E-state index in [9.17, 15) is 4.79 Å². The third kappa shape index (κ3) is 7.59. The van der Waals surface area contributed by atoms with Gasteiger partial charge in [0.1, 0.15) is 0 Å². The highest BCUT2D eigenvalue weighted by Crippen LogP contribution is 2.06. The highest BCUT2D eigenvalue weighted by atomic mass is 16.5. The lowest BCUT2D eigenvalue weighted by Crippen LogP contribution is -2.00. The van der Waals surface area contributed by atoms with Crippen LogP contribution in [0.3, 0.4) is 0 Å². The first-order valence-electron chi connectivity index (χ1n) is 4.82. The summed E-state index contributed by atoms with van der Waals surface area (Å²) in [4.78, 5) is 11.0. The molecular weight excluding hydrogens is 176 g/mol. The number of carbonyl (C=O) groups excluding carboxylic acids is 1. The van der Waals surface area contributed by atoms with Gasteiger partial charge >= 0.3 is 5.97 Å². The lowest BCUT2D eigenvalue weighted by molar-refractivity contribution is -0.136. The molecule has 0 rings (SSSR count). The van der Waals surface area contributed by atoms with E-state index < -0.39 is 0 Å². The van der Waals surface area contributed by atoms with E-state index in [2.05, 4.69) is 26.8 Å². The van der Waals surface area contributed by atoms with Gasteiger partial charge in [-0.15, -0.1) is 0 Å². The normalized spacial score (nSPS) is 11.0. The Morgan fingerprint density at radius 3 is 2.50 bits per heavy atom. The molecule has 79 valence electrons. The lowest BCUT2D eigenvalue weighted by Gasteiger charge is -1.99. The monoisotopic (exact) mass is 195 g/mol. The van der Waals surface area contributed by atoms with Crippen LogP contribution in [0.2, 0.25) is 0 Å². The van der Waals surface area contributed by atoms with Gasteiger partial charge in [0, 0.05) is 6.08 Å². The fourth-order valence-corrected chi connectivity index (χ4v) is 1.00. The zero-order valence-electron chi connectivity index (χ0n) is 9.30. The van der Waals surface area contributed by atoms with Crippen LogP contribution in [-0.4, -0.2) is 12.6 Å². The Hall–Kier alpha value is -1.05. The summed E-state index contributed by atoms with van der Waals surface area (Å²) in [5.41, 5.74) is 2.35. The van der Waals surface area contributed by atoms with Gasteiger partial charge in [0.2, 0.25) is 0 Å². The molecule has 0 spiro atoms. The molecule has 0 aliphatic rings. The van der Waals surface area contributed by atoms with Gasteiger partial charge in [-0.1, -0.05) is 17.2 Å². The molecule has 1 radical (unpaired) electrons. The van der Waals surface area contributed by atoms with Crippen LogP contribution >= 0.6 is 0 Å². The Labute approximate surface area is 86.6 Å². The molecule has 0 atom stereocenters. The number of hydrogen-bond acceptors (Lipinski definition) is 2. The minimum Gasteiger partial charge on any atom is -0.463 e. The zero-order chi connectivity index (χ0) is 11.0. The Morgan fingerprint density at radius 1 is 1.36 bits per heavy atom. The SMILES string of the molecule is [CH2]COC(=O)C=C(C)CCC=C(C)C. The van der Waals surface area contributed by atoms with Crippen LogP contribution < -0.4 is 0 Å². The van der Waals surface area contributed by atoms with E-state index in [-0.39, 0.29) is 12.6 Å². The van der Waals surface area contributed by atoms with Gasteiger partial charge in [-0.05, 0) is 40.5 Å². The van der Waals surface area contributed by atoms with E-state index >= 15 is 0 Å². The van der Waals surface area contributed by atoms with Crippen molar-refractivity contribution in [3.63, 3.8) is 0 Å². The van der Waals surface area contributed by atoms with E-state index in [0.29, 0.717) is 0 Å². The highest BCUT2D eigenvalue weighted by Gasteiger charge is 1.96. The van der Waals surface area contributed by atoms with Crippen molar-refractivity contribution >= 4 is 5.97 Å². The standard InChI is InChI=1S/C12H19O2/c1-5-14-12(13)9-11(4)8-6-7-10(2)3/h7,9H,1,5-6,8H2,2-4H3. The van der Waals surface area contributed by atoms with Crippen LogP contribution in [-0.2, 0) is 9.53 Å². The van der Waals surface area contributed by atoms with Crippen molar-refractivity contribution in [3.05, 3.63) is 30.2 Å². The van der Waals surface area contributed by atoms with Crippen molar-refractivity contribution in [2.24, 2.45) is 0 Å². The van der Waals surface area contributed by atoms with Gasteiger partial charge in [-0.25, -0.2) is 4.79 Å². The number of allylic oxidation sites excluding steroid dienone is 3. The molecule has 0 heterocycles. The maximum atomic E-state index is 11.0. The van der Waals surface area contributed by atoms with Gasteiger partial charge in [0.25, 0.3) is 0 Å². The molecule has 14 heavy (non-hydrogen) atoms. The second-order valence-electron chi connectivity index (χ2n) is 3.48. The van der Waals surface area contributed by atoms with Crippen LogP contribution in [0.25, 0.3) is 0 Å². The van der Waals surface area contributed by atoms with Crippen molar-refractivity contribution in [1.29, 1.82) is 0 Å². The van der Waals surface area contributed by atoms with Gasteiger partial charge < -0.3 is 4.74 Å². The van der Waals surface area contributed by atoms with Gasteiger partial charge in [0.05, 0.1) is 6.61 Å². The minimum atomic E-state index is -0.297. The maximum Gasteiger partial charge on any atom is 0.330 e. The lowest BCUT2D eigenvalue weighted by atomic mass is 10.1. The topological polar surface area (TPSA) is 26.3 Å². The highest BCUT2D eigenvalue weighted by molar-refractivity contribution is 5.82. The maximum absolute atomic E-state index is 11.0. The average molecular weight is 195 g/mol. The fourth-order valence-electron chi connectivity index (χ4n) is 1.00. The molecule has 0 bridgehead atoms. The molecule has 0 aliphatic heterocycles. The smallest absolute Gasteiger partial charge is 0.330 e. The summed E-state index contributed by atoms with van der Waals surface area (Å²) in [6.45, 7) is 9.69. The zero-order valence-corrected chi connectivity index (χ0v) is 9.30. The quantitative estimate of drug-likeness (QED) is 0.383. The van der Waals surface area contributed by atoms with Crippen molar-refractivity contribution in [2.45, 2.75) is 33.6 Å². The first-order valence-corrected chi connectivity index (χ1v) is 4.82. The Kier molecular flexibility index (Phi) is 6.81. The Balaban J connectivity index is 3.89. The van der Waals surface area contributed by atoms with Gasteiger partial charge in [0.15, 0.2) is 0 Å². The molecule has 0 aromatic heterocycles. The summed E-state index contributed by atoms with van der Waals surface area (Å²) < 4.78 is 4.70. The van der Waals surface area contributed by atoms with E-state index in [1.54, 1.807) is 0 Å². The molecule has 0 N–H and O–H groups in total. The van der Waals surface area contributed by atoms with E-state index in [1.165, 1.54) is 11.6 Å². The Morgan fingerprint density at radius 2 is 2.00 bits per heavy atom. The molecule has 0 aromatic carbocycles. The molecule has 2 heteroatoms. The number of rotatable bonds is 5. The third-order valence-corrected chi connectivity index (χ3v) is 1.70. The molecule has 0 saturated carbocycles. The van der Waals surface area contributed by atoms with Crippen LogP contribution in [0.5, 0.6) is 0 Å². The first-order chi connectivity index (χ1) is 6.56. The molecule has 2 nitrogen and oxygen atoms in total. The number of ether oxygens (including phenoxy) is 1. The summed E-state index contributed by atoms with van der Waals surface area (Å²) in [6, 6.07) is 0. The summed E-state index contributed by atoms with van der Waals surface area (Å²) in [5, 5.41) is 0. The van der Waals surface area contributed by atoms with Crippen LogP contribution in [0.15, 0.2) is 23.3 Å².